The van der Waals surface area contributed by atoms with Crippen LogP contribution >= 0.6 is 0 Å². The van der Waals surface area contributed by atoms with Gasteiger partial charge in [-0.3, -0.25) is 4.79 Å². The van der Waals surface area contributed by atoms with Gasteiger partial charge in [0.15, 0.2) is 0 Å². The van der Waals surface area contributed by atoms with Gasteiger partial charge in [-0.2, -0.15) is 0 Å². The maximum Gasteiger partial charge on any atom is 0.220 e. The minimum atomic E-state index is -0.0601. The summed E-state index contributed by atoms with van der Waals surface area (Å²) in [6.45, 7) is 2.10. The number of carbonyl (C=O) groups is 2. The number of nitrogens with one attached hydrogen (secondary N) is 2. The average Bonchev–Trinajstić information content (AvgIpc) is 2.80. The highest BCUT2D eigenvalue weighted by Crippen LogP contribution is 2.17. The Morgan fingerprint density at radius 3 is 2.79 bits per heavy atom. The second-order valence-electron chi connectivity index (χ2n) is 4.66. The van der Waals surface area contributed by atoms with E-state index in [2.05, 4.69) is 16.4 Å². The van der Waals surface area contributed by atoms with Crippen molar-refractivity contribution in [2.45, 2.75) is 26.2 Å². The predicted octanol–water partition coefficient (Wildman–Crippen LogP) is 2.20. The van der Waals surface area contributed by atoms with Gasteiger partial charge < -0.3 is 15.1 Å². The Balaban J connectivity index is 1.83. The first-order valence-electron chi connectivity index (χ1n) is 6.48. The first kappa shape index (κ1) is 13.3. The summed E-state index contributed by atoms with van der Waals surface area (Å²) in [5, 5.41) is 4.03. The van der Waals surface area contributed by atoms with Crippen LogP contribution < -0.4 is 5.32 Å². The van der Waals surface area contributed by atoms with Crippen molar-refractivity contribution < 1.29 is 9.59 Å². The van der Waals surface area contributed by atoms with E-state index in [1.54, 1.807) is 0 Å². The lowest BCUT2D eigenvalue weighted by atomic mass is 10.1. The predicted molar refractivity (Wildman–Crippen MR) is 74.9 cm³/mol. The van der Waals surface area contributed by atoms with Crippen molar-refractivity contribution in [3.63, 3.8) is 0 Å². The molecule has 0 bridgehead atoms. The summed E-state index contributed by atoms with van der Waals surface area (Å²) in [5.74, 6) is -0.0122. The number of hydrogen-bond acceptors (Lipinski definition) is 2. The zero-order valence-corrected chi connectivity index (χ0v) is 11.0. The molecule has 2 aromatic rings. The van der Waals surface area contributed by atoms with Crippen LogP contribution in [0.3, 0.4) is 0 Å². The van der Waals surface area contributed by atoms with Crippen LogP contribution in [0.15, 0.2) is 30.5 Å². The van der Waals surface area contributed by atoms with Gasteiger partial charge in [0, 0.05) is 36.5 Å². The lowest BCUT2D eigenvalue weighted by Gasteiger charge is -2.03. The van der Waals surface area contributed by atoms with E-state index < -0.39 is 0 Å². The Morgan fingerprint density at radius 2 is 2.00 bits per heavy atom. The van der Waals surface area contributed by atoms with Gasteiger partial charge in [-0.25, -0.2) is 0 Å². The number of Topliss-reactive ketones (excluding diaryl/α,β-unsaturated/α-hetero) is 1. The standard InChI is InChI=1S/C15H18N2O2/c1-11(18)6-7-15(19)16-9-8-12-10-17-14-5-3-2-4-13(12)14/h2-5,10,17H,6-9H2,1H3,(H,16,19). The number of hydrogen-bond donors (Lipinski definition) is 2. The molecule has 0 radical (unpaired) electrons. The molecule has 0 aliphatic heterocycles. The van der Waals surface area contributed by atoms with Gasteiger partial charge in [-0.1, -0.05) is 18.2 Å². The molecule has 1 aromatic carbocycles. The number of aromatic amines is 1. The lowest BCUT2D eigenvalue weighted by Crippen LogP contribution is -2.25. The molecule has 1 amide bonds. The van der Waals surface area contributed by atoms with Gasteiger partial charge in [-0.15, -0.1) is 0 Å². The van der Waals surface area contributed by atoms with Crippen LogP contribution in [0.25, 0.3) is 10.9 Å². The molecule has 1 aromatic heterocycles. The quantitative estimate of drug-likeness (QED) is 0.834. The molecule has 4 nitrogen and oxygen atoms in total. The summed E-state index contributed by atoms with van der Waals surface area (Å²) >= 11 is 0. The maximum absolute atomic E-state index is 11.5. The van der Waals surface area contributed by atoms with Crippen molar-refractivity contribution in [1.29, 1.82) is 0 Å². The lowest BCUT2D eigenvalue weighted by molar-refractivity contribution is -0.124. The highest BCUT2D eigenvalue weighted by atomic mass is 16.2. The highest BCUT2D eigenvalue weighted by molar-refractivity contribution is 5.84. The molecule has 2 N–H and O–H groups in total. The molecule has 0 saturated heterocycles. The Morgan fingerprint density at radius 1 is 1.21 bits per heavy atom. The SMILES string of the molecule is CC(=O)CCC(=O)NCCc1c[nH]c2ccccc12. The summed E-state index contributed by atoms with van der Waals surface area (Å²) in [5.41, 5.74) is 2.31. The molecule has 0 unspecified atom stereocenters. The first-order valence-corrected chi connectivity index (χ1v) is 6.48. The molecule has 0 aliphatic carbocycles. The molecule has 1 heterocycles. The van der Waals surface area contributed by atoms with Crippen molar-refractivity contribution in [2.75, 3.05) is 6.54 Å². The van der Waals surface area contributed by atoms with Crippen LogP contribution in [0.1, 0.15) is 25.3 Å². The number of amides is 1. The summed E-state index contributed by atoms with van der Waals surface area (Å²) in [6, 6.07) is 8.10. The van der Waals surface area contributed by atoms with Crippen LogP contribution in [0.2, 0.25) is 0 Å². The molecule has 19 heavy (non-hydrogen) atoms. The van der Waals surface area contributed by atoms with Gasteiger partial charge >= 0.3 is 0 Å². The van der Waals surface area contributed by atoms with E-state index in [0.717, 1.165) is 11.9 Å². The van der Waals surface area contributed by atoms with E-state index in [0.29, 0.717) is 13.0 Å². The van der Waals surface area contributed by atoms with Gasteiger partial charge in [0.25, 0.3) is 0 Å². The van der Waals surface area contributed by atoms with Crippen LogP contribution in [-0.2, 0) is 16.0 Å². The Labute approximate surface area is 112 Å². The van der Waals surface area contributed by atoms with Crippen molar-refractivity contribution in [1.82, 2.24) is 10.3 Å². The molecule has 100 valence electrons. The monoisotopic (exact) mass is 258 g/mol. The second kappa shape index (κ2) is 6.18. The average molecular weight is 258 g/mol. The minimum absolute atomic E-state index is 0.0479. The smallest absolute Gasteiger partial charge is 0.220 e. The largest absolute Gasteiger partial charge is 0.361 e. The number of rotatable bonds is 6. The van der Waals surface area contributed by atoms with E-state index in [1.165, 1.54) is 17.9 Å². The number of H-pyrrole nitrogens is 1. The molecule has 0 aliphatic rings. The molecule has 4 heteroatoms. The van der Waals surface area contributed by atoms with Crippen molar-refractivity contribution in [3.05, 3.63) is 36.0 Å². The number of benzene rings is 1. The minimum Gasteiger partial charge on any atom is -0.361 e. The molecular formula is C15H18N2O2. The number of fused-ring (bicyclic) bond motifs is 1. The van der Waals surface area contributed by atoms with Gasteiger partial charge in [0.2, 0.25) is 5.91 Å². The van der Waals surface area contributed by atoms with E-state index in [4.69, 9.17) is 0 Å². The zero-order chi connectivity index (χ0) is 13.7. The molecule has 0 fully saturated rings. The van der Waals surface area contributed by atoms with E-state index in [-0.39, 0.29) is 18.1 Å². The number of ketones is 1. The Hall–Kier alpha value is -2.10. The van der Waals surface area contributed by atoms with Crippen LogP contribution in [-0.4, -0.2) is 23.2 Å². The topological polar surface area (TPSA) is 62.0 Å². The fourth-order valence-corrected chi connectivity index (χ4v) is 2.05. The third-order valence-corrected chi connectivity index (χ3v) is 3.10. The third-order valence-electron chi connectivity index (χ3n) is 3.10. The summed E-state index contributed by atoms with van der Waals surface area (Å²) < 4.78 is 0. The zero-order valence-electron chi connectivity index (χ0n) is 11.0. The first-order chi connectivity index (χ1) is 9.16. The van der Waals surface area contributed by atoms with E-state index in [1.807, 2.05) is 24.4 Å². The van der Waals surface area contributed by atoms with Crippen LogP contribution in [0, 0.1) is 0 Å². The van der Waals surface area contributed by atoms with Crippen molar-refractivity contribution in [3.8, 4) is 0 Å². The van der Waals surface area contributed by atoms with Gasteiger partial charge in [-0.05, 0) is 25.0 Å². The van der Waals surface area contributed by atoms with Crippen molar-refractivity contribution in [2.24, 2.45) is 0 Å². The maximum atomic E-state index is 11.5. The number of carbonyl (C=O) groups excluding carboxylic acids is 2. The normalized spacial score (nSPS) is 10.6. The van der Waals surface area contributed by atoms with Gasteiger partial charge in [0.1, 0.15) is 5.78 Å². The number of para-hydroxylation sites is 1. The van der Waals surface area contributed by atoms with Crippen LogP contribution in [0.5, 0.6) is 0 Å². The fourth-order valence-electron chi connectivity index (χ4n) is 2.05. The summed E-state index contributed by atoms with van der Waals surface area (Å²) in [4.78, 5) is 25.4. The molecule has 0 atom stereocenters. The summed E-state index contributed by atoms with van der Waals surface area (Å²) in [7, 11) is 0. The molecule has 0 spiro atoms. The fraction of sp³-hybridized carbons (Fsp3) is 0.333. The highest BCUT2D eigenvalue weighted by Gasteiger charge is 2.05. The molecule has 2 rings (SSSR count). The van der Waals surface area contributed by atoms with Crippen LogP contribution in [0.4, 0.5) is 0 Å². The van der Waals surface area contributed by atoms with Gasteiger partial charge in [0.05, 0.1) is 0 Å². The molecule has 0 saturated carbocycles. The summed E-state index contributed by atoms with van der Waals surface area (Å²) in [6.07, 6.45) is 3.37. The molecular weight excluding hydrogens is 240 g/mol. The second-order valence-corrected chi connectivity index (χ2v) is 4.66. The Bertz CT molecular complexity index is 587. The van der Waals surface area contributed by atoms with E-state index >= 15 is 0 Å². The Kier molecular flexibility index (Phi) is 4.34. The van der Waals surface area contributed by atoms with E-state index in [9.17, 15) is 9.59 Å². The number of aromatic nitrogens is 1. The third kappa shape index (κ3) is 3.68. The van der Waals surface area contributed by atoms with Crippen molar-refractivity contribution >= 4 is 22.6 Å².